The number of piperidine rings is 1. The molecule has 4 rings (SSSR count). The van der Waals surface area contributed by atoms with E-state index >= 15 is 0 Å². The standard InChI is InChI=1S/C20H31N3O/c1-16-2-3-17(15-22-12-8-21-9-13-22)20(14-16)24-19-6-10-23(11-7-19)18-4-5-18/h2-3,14,18-19,21H,4-13,15H2,1H3. The van der Waals surface area contributed by atoms with E-state index in [1.165, 1.54) is 49.9 Å². The Morgan fingerprint density at radius 2 is 1.79 bits per heavy atom. The predicted molar refractivity (Wildman–Crippen MR) is 97.6 cm³/mol. The fourth-order valence-electron chi connectivity index (χ4n) is 3.99. The quantitative estimate of drug-likeness (QED) is 0.898. The number of benzene rings is 1. The molecule has 1 saturated carbocycles. The normalized spacial score (nSPS) is 24.2. The minimum absolute atomic E-state index is 0.392. The number of nitrogens with zero attached hydrogens (tertiary/aromatic N) is 2. The zero-order valence-electron chi connectivity index (χ0n) is 15.0. The first-order valence-corrected chi connectivity index (χ1v) is 9.71. The molecule has 1 N–H and O–H groups in total. The zero-order chi connectivity index (χ0) is 16.4. The number of likely N-dealkylation sites (tertiary alicyclic amines) is 1. The van der Waals surface area contributed by atoms with Crippen molar-refractivity contribution >= 4 is 0 Å². The summed E-state index contributed by atoms with van der Waals surface area (Å²) in [5.74, 6) is 1.12. The lowest BCUT2D eigenvalue weighted by atomic mass is 10.1. The molecule has 0 spiro atoms. The maximum Gasteiger partial charge on any atom is 0.124 e. The molecule has 2 aliphatic heterocycles. The van der Waals surface area contributed by atoms with Gasteiger partial charge in [0.1, 0.15) is 11.9 Å². The summed E-state index contributed by atoms with van der Waals surface area (Å²) in [7, 11) is 0. The largest absolute Gasteiger partial charge is 0.490 e. The van der Waals surface area contributed by atoms with Crippen molar-refractivity contribution in [2.24, 2.45) is 0 Å². The lowest BCUT2D eigenvalue weighted by Gasteiger charge is -2.33. The van der Waals surface area contributed by atoms with Crippen LogP contribution in [0.15, 0.2) is 18.2 Å². The summed E-state index contributed by atoms with van der Waals surface area (Å²) in [6.45, 7) is 10.1. The Morgan fingerprint density at radius 1 is 1.04 bits per heavy atom. The number of rotatable bonds is 5. The molecule has 1 aliphatic carbocycles. The lowest BCUT2D eigenvalue weighted by Crippen LogP contribution is -2.43. The van der Waals surface area contributed by atoms with Gasteiger partial charge in [0.15, 0.2) is 0 Å². The molecule has 24 heavy (non-hydrogen) atoms. The van der Waals surface area contributed by atoms with Crippen molar-refractivity contribution in [3.63, 3.8) is 0 Å². The minimum atomic E-state index is 0.392. The van der Waals surface area contributed by atoms with Crippen molar-refractivity contribution in [3.05, 3.63) is 29.3 Å². The molecule has 2 heterocycles. The van der Waals surface area contributed by atoms with Crippen LogP contribution in [0.5, 0.6) is 5.75 Å². The lowest BCUT2D eigenvalue weighted by molar-refractivity contribution is 0.0946. The van der Waals surface area contributed by atoms with Crippen LogP contribution in [0, 0.1) is 6.92 Å². The molecular formula is C20H31N3O. The van der Waals surface area contributed by atoms with E-state index in [0.717, 1.165) is 44.5 Å². The minimum Gasteiger partial charge on any atom is -0.490 e. The van der Waals surface area contributed by atoms with E-state index in [0.29, 0.717) is 6.10 Å². The molecule has 0 amide bonds. The van der Waals surface area contributed by atoms with E-state index in [9.17, 15) is 0 Å². The Labute approximate surface area is 146 Å². The maximum absolute atomic E-state index is 6.49. The zero-order valence-corrected chi connectivity index (χ0v) is 15.0. The third-order valence-corrected chi connectivity index (χ3v) is 5.66. The van der Waals surface area contributed by atoms with Crippen LogP contribution in [0.25, 0.3) is 0 Å². The second kappa shape index (κ2) is 7.42. The average Bonchev–Trinajstić information content (AvgIpc) is 3.44. The van der Waals surface area contributed by atoms with Crippen LogP contribution in [-0.4, -0.2) is 61.2 Å². The highest BCUT2D eigenvalue weighted by molar-refractivity contribution is 5.37. The van der Waals surface area contributed by atoms with Crippen molar-refractivity contribution in [2.75, 3.05) is 39.3 Å². The van der Waals surface area contributed by atoms with Gasteiger partial charge in [-0.25, -0.2) is 0 Å². The molecule has 0 bridgehead atoms. The number of hydrogen-bond donors (Lipinski definition) is 1. The fourth-order valence-corrected chi connectivity index (χ4v) is 3.99. The summed E-state index contributed by atoms with van der Waals surface area (Å²) in [4.78, 5) is 5.20. The van der Waals surface area contributed by atoms with Gasteiger partial charge < -0.3 is 15.0 Å². The van der Waals surface area contributed by atoms with E-state index < -0.39 is 0 Å². The Morgan fingerprint density at radius 3 is 2.50 bits per heavy atom. The molecule has 3 aliphatic rings. The third kappa shape index (κ3) is 4.11. The molecule has 0 aromatic heterocycles. The van der Waals surface area contributed by atoms with Gasteiger partial charge in [-0.3, -0.25) is 4.90 Å². The summed E-state index contributed by atoms with van der Waals surface area (Å²) in [6.07, 6.45) is 5.58. The Balaban J connectivity index is 1.38. The third-order valence-electron chi connectivity index (χ3n) is 5.66. The average molecular weight is 329 g/mol. The molecular weight excluding hydrogens is 298 g/mol. The monoisotopic (exact) mass is 329 g/mol. The van der Waals surface area contributed by atoms with Crippen LogP contribution >= 0.6 is 0 Å². The molecule has 4 heteroatoms. The SMILES string of the molecule is Cc1ccc(CN2CCNCC2)c(OC2CCN(C3CC3)CC2)c1. The number of ether oxygens (including phenoxy) is 1. The van der Waals surface area contributed by atoms with Crippen molar-refractivity contribution in [3.8, 4) is 5.75 Å². The summed E-state index contributed by atoms with van der Waals surface area (Å²) in [6, 6.07) is 7.63. The van der Waals surface area contributed by atoms with Crippen molar-refractivity contribution in [1.82, 2.24) is 15.1 Å². The molecule has 132 valence electrons. The molecule has 3 fully saturated rings. The van der Waals surface area contributed by atoms with Crippen LogP contribution in [0.2, 0.25) is 0 Å². The van der Waals surface area contributed by atoms with Crippen molar-refractivity contribution < 1.29 is 4.74 Å². The highest BCUT2D eigenvalue weighted by Gasteiger charge is 2.32. The Kier molecular flexibility index (Phi) is 5.06. The number of aryl methyl sites for hydroxylation is 1. The molecule has 0 unspecified atom stereocenters. The van der Waals surface area contributed by atoms with Gasteiger partial charge in [-0.15, -0.1) is 0 Å². The number of piperazine rings is 1. The first-order valence-electron chi connectivity index (χ1n) is 9.71. The van der Waals surface area contributed by atoms with Gasteiger partial charge in [0.25, 0.3) is 0 Å². The highest BCUT2D eigenvalue weighted by Crippen LogP contribution is 2.31. The van der Waals surface area contributed by atoms with Crippen molar-refractivity contribution in [2.45, 2.75) is 51.3 Å². The second-order valence-corrected chi connectivity index (χ2v) is 7.72. The van der Waals surface area contributed by atoms with E-state index in [2.05, 4.69) is 40.2 Å². The predicted octanol–water partition coefficient (Wildman–Crippen LogP) is 2.41. The van der Waals surface area contributed by atoms with E-state index in [4.69, 9.17) is 4.74 Å². The Bertz CT molecular complexity index is 544. The van der Waals surface area contributed by atoms with Crippen molar-refractivity contribution in [1.29, 1.82) is 0 Å². The van der Waals surface area contributed by atoms with Gasteiger partial charge >= 0.3 is 0 Å². The highest BCUT2D eigenvalue weighted by atomic mass is 16.5. The Hall–Kier alpha value is -1.10. The fraction of sp³-hybridized carbons (Fsp3) is 0.700. The maximum atomic E-state index is 6.49. The van der Waals surface area contributed by atoms with Gasteiger partial charge in [-0.05, 0) is 44.2 Å². The van der Waals surface area contributed by atoms with Gasteiger partial charge in [0.05, 0.1) is 0 Å². The molecule has 4 nitrogen and oxygen atoms in total. The molecule has 0 atom stereocenters. The molecule has 2 saturated heterocycles. The van der Waals surface area contributed by atoms with Crippen LogP contribution in [0.3, 0.4) is 0 Å². The van der Waals surface area contributed by atoms with Gasteiger partial charge in [0.2, 0.25) is 0 Å². The van der Waals surface area contributed by atoms with Gasteiger partial charge in [-0.2, -0.15) is 0 Å². The summed E-state index contributed by atoms with van der Waals surface area (Å²) < 4.78 is 6.49. The van der Waals surface area contributed by atoms with Crippen LogP contribution in [-0.2, 0) is 6.54 Å². The van der Waals surface area contributed by atoms with Gasteiger partial charge in [0, 0.05) is 57.4 Å². The number of hydrogen-bond acceptors (Lipinski definition) is 4. The second-order valence-electron chi connectivity index (χ2n) is 7.72. The van der Waals surface area contributed by atoms with Crippen LogP contribution in [0.1, 0.15) is 36.8 Å². The van der Waals surface area contributed by atoms with E-state index in [1.807, 2.05) is 0 Å². The first-order chi connectivity index (χ1) is 11.8. The smallest absolute Gasteiger partial charge is 0.124 e. The van der Waals surface area contributed by atoms with E-state index in [1.54, 1.807) is 0 Å². The summed E-state index contributed by atoms with van der Waals surface area (Å²) in [5, 5.41) is 3.43. The molecule has 1 aromatic carbocycles. The van der Waals surface area contributed by atoms with Crippen LogP contribution in [0.4, 0.5) is 0 Å². The topological polar surface area (TPSA) is 27.7 Å². The molecule has 0 radical (unpaired) electrons. The summed E-state index contributed by atoms with van der Waals surface area (Å²) in [5.41, 5.74) is 2.65. The van der Waals surface area contributed by atoms with E-state index in [-0.39, 0.29) is 0 Å². The van der Waals surface area contributed by atoms with Gasteiger partial charge in [-0.1, -0.05) is 12.1 Å². The van der Waals surface area contributed by atoms with Crippen LogP contribution < -0.4 is 10.1 Å². The number of nitrogens with one attached hydrogen (secondary N) is 1. The molecule has 1 aromatic rings. The summed E-state index contributed by atoms with van der Waals surface area (Å²) >= 11 is 0. The first kappa shape index (κ1) is 16.4.